The fourth-order valence-corrected chi connectivity index (χ4v) is 2.65. The summed E-state index contributed by atoms with van der Waals surface area (Å²) in [6.07, 6.45) is 5.11. The molecule has 3 rings (SSSR count). The highest BCUT2D eigenvalue weighted by molar-refractivity contribution is 5.25. The first-order valence-electron chi connectivity index (χ1n) is 6.15. The zero-order valence-electron chi connectivity index (χ0n) is 9.35. The van der Waals surface area contributed by atoms with Gasteiger partial charge in [-0.3, -0.25) is 4.79 Å². The van der Waals surface area contributed by atoms with Gasteiger partial charge in [0, 0.05) is 11.8 Å². The van der Waals surface area contributed by atoms with E-state index >= 15 is 0 Å². The second-order valence-electron chi connectivity index (χ2n) is 5.01. The Balaban J connectivity index is 1.92. The number of nitrogens with zero attached hydrogens (tertiary/aromatic N) is 1. The molecule has 3 nitrogen and oxygen atoms in total. The number of aliphatic hydroxyl groups is 1. The van der Waals surface area contributed by atoms with Gasteiger partial charge in [-0.2, -0.15) is 0 Å². The molecule has 0 saturated heterocycles. The smallest absolute Gasteiger partial charge is 0.250 e. The van der Waals surface area contributed by atoms with Crippen LogP contribution in [0.3, 0.4) is 0 Å². The lowest BCUT2D eigenvalue weighted by Crippen LogP contribution is -2.29. The SMILES string of the molecule is O=c1ccc2c(n1CC(O)C1CC1)CCC2. The van der Waals surface area contributed by atoms with Gasteiger partial charge in [0.2, 0.25) is 0 Å². The quantitative estimate of drug-likeness (QED) is 0.827. The highest BCUT2D eigenvalue weighted by Crippen LogP contribution is 2.33. The van der Waals surface area contributed by atoms with Gasteiger partial charge in [-0.25, -0.2) is 0 Å². The van der Waals surface area contributed by atoms with Crippen LogP contribution < -0.4 is 5.56 Å². The van der Waals surface area contributed by atoms with Gasteiger partial charge in [0.15, 0.2) is 0 Å². The second-order valence-corrected chi connectivity index (χ2v) is 5.01. The Kier molecular flexibility index (Phi) is 2.36. The minimum atomic E-state index is -0.329. The van der Waals surface area contributed by atoms with Gasteiger partial charge in [0.1, 0.15) is 0 Å². The number of fused-ring (bicyclic) bond motifs is 1. The molecule has 2 aliphatic rings. The van der Waals surface area contributed by atoms with E-state index in [1.165, 1.54) is 5.56 Å². The van der Waals surface area contributed by atoms with E-state index in [0.29, 0.717) is 12.5 Å². The van der Waals surface area contributed by atoms with E-state index in [1.54, 1.807) is 10.6 Å². The first-order valence-corrected chi connectivity index (χ1v) is 6.15. The summed E-state index contributed by atoms with van der Waals surface area (Å²) in [6, 6.07) is 3.59. The molecule has 0 aromatic carbocycles. The van der Waals surface area contributed by atoms with Gasteiger partial charge in [-0.1, -0.05) is 6.07 Å². The summed E-state index contributed by atoms with van der Waals surface area (Å²) in [6.45, 7) is 0.493. The zero-order valence-corrected chi connectivity index (χ0v) is 9.35. The molecule has 1 atom stereocenters. The van der Waals surface area contributed by atoms with E-state index in [0.717, 1.165) is 37.8 Å². The molecule has 0 aliphatic heterocycles. The van der Waals surface area contributed by atoms with Crippen LogP contribution in [0.4, 0.5) is 0 Å². The van der Waals surface area contributed by atoms with Crippen LogP contribution >= 0.6 is 0 Å². The van der Waals surface area contributed by atoms with Crippen LogP contribution in [0.2, 0.25) is 0 Å². The van der Waals surface area contributed by atoms with Crippen LogP contribution in [-0.2, 0) is 19.4 Å². The largest absolute Gasteiger partial charge is 0.391 e. The molecule has 0 amide bonds. The van der Waals surface area contributed by atoms with Crippen molar-refractivity contribution in [2.24, 2.45) is 5.92 Å². The van der Waals surface area contributed by atoms with Crippen molar-refractivity contribution >= 4 is 0 Å². The van der Waals surface area contributed by atoms with Gasteiger partial charge in [-0.05, 0) is 43.6 Å². The molecule has 0 bridgehead atoms. The van der Waals surface area contributed by atoms with E-state index in [4.69, 9.17) is 0 Å². The maximum atomic E-state index is 11.8. The highest BCUT2D eigenvalue weighted by atomic mass is 16.3. The van der Waals surface area contributed by atoms with Crippen molar-refractivity contribution < 1.29 is 5.11 Å². The first-order chi connectivity index (χ1) is 7.75. The maximum Gasteiger partial charge on any atom is 0.250 e. The predicted molar refractivity (Wildman–Crippen MR) is 61.5 cm³/mol. The van der Waals surface area contributed by atoms with Crippen molar-refractivity contribution in [1.29, 1.82) is 0 Å². The van der Waals surface area contributed by atoms with Gasteiger partial charge < -0.3 is 9.67 Å². The molecular weight excluding hydrogens is 202 g/mol. The monoisotopic (exact) mass is 219 g/mol. The summed E-state index contributed by atoms with van der Waals surface area (Å²) in [5.41, 5.74) is 2.50. The number of rotatable bonds is 3. The summed E-state index contributed by atoms with van der Waals surface area (Å²) in [5, 5.41) is 9.94. The van der Waals surface area contributed by atoms with Crippen LogP contribution in [0.5, 0.6) is 0 Å². The summed E-state index contributed by atoms with van der Waals surface area (Å²) < 4.78 is 1.80. The first kappa shape index (κ1) is 10.1. The Morgan fingerprint density at radius 1 is 1.38 bits per heavy atom. The lowest BCUT2D eigenvalue weighted by atomic mass is 10.2. The molecule has 1 fully saturated rings. The Morgan fingerprint density at radius 2 is 2.19 bits per heavy atom. The summed E-state index contributed by atoms with van der Waals surface area (Å²) in [4.78, 5) is 11.8. The molecule has 1 heterocycles. The van der Waals surface area contributed by atoms with Crippen molar-refractivity contribution in [1.82, 2.24) is 4.57 Å². The highest BCUT2D eigenvalue weighted by Gasteiger charge is 2.30. The van der Waals surface area contributed by atoms with Gasteiger partial charge in [-0.15, -0.1) is 0 Å². The number of hydrogen-bond acceptors (Lipinski definition) is 2. The minimum Gasteiger partial charge on any atom is -0.391 e. The Labute approximate surface area is 94.7 Å². The van der Waals surface area contributed by atoms with Crippen molar-refractivity contribution in [2.45, 2.75) is 44.8 Å². The average Bonchev–Trinajstić information content (AvgIpc) is 3.01. The zero-order chi connectivity index (χ0) is 11.1. The molecular formula is C13H17NO2. The van der Waals surface area contributed by atoms with Crippen molar-refractivity contribution in [2.75, 3.05) is 0 Å². The molecule has 1 aromatic heterocycles. The molecule has 16 heavy (non-hydrogen) atoms. The predicted octanol–water partition coefficient (Wildman–Crippen LogP) is 1.11. The molecule has 1 N–H and O–H groups in total. The third-order valence-electron chi connectivity index (χ3n) is 3.79. The fourth-order valence-electron chi connectivity index (χ4n) is 2.65. The molecule has 86 valence electrons. The average molecular weight is 219 g/mol. The Bertz CT molecular complexity index is 459. The van der Waals surface area contributed by atoms with Gasteiger partial charge in [0.05, 0.1) is 12.6 Å². The van der Waals surface area contributed by atoms with Crippen molar-refractivity contribution in [3.63, 3.8) is 0 Å². The minimum absolute atomic E-state index is 0.0420. The third kappa shape index (κ3) is 1.69. The number of aliphatic hydroxyl groups excluding tert-OH is 1. The molecule has 1 unspecified atom stereocenters. The molecule has 1 saturated carbocycles. The summed E-state index contributed by atoms with van der Waals surface area (Å²) in [7, 11) is 0. The second kappa shape index (κ2) is 3.74. The van der Waals surface area contributed by atoms with E-state index in [1.807, 2.05) is 6.07 Å². The third-order valence-corrected chi connectivity index (χ3v) is 3.79. The van der Waals surface area contributed by atoms with Gasteiger partial charge in [0.25, 0.3) is 5.56 Å². The Hall–Kier alpha value is -1.09. The van der Waals surface area contributed by atoms with Crippen LogP contribution in [0.1, 0.15) is 30.5 Å². The van der Waals surface area contributed by atoms with Crippen LogP contribution in [0.25, 0.3) is 0 Å². The summed E-state index contributed by atoms with van der Waals surface area (Å²) in [5.74, 6) is 0.434. The molecule has 2 aliphatic carbocycles. The molecule has 0 radical (unpaired) electrons. The standard InChI is InChI=1S/C13H17NO2/c15-12(10-4-5-10)8-14-11-3-1-2-9(11)6-7-13(14)16/h6-7,10,12,15H,1-5,8H2. The number of pyridine rings is 1. The van der Waals surface area contributed by atoms with Gasteiger partial charge >= 0.3 is 0 Å². The lowest BCUT2D eigenvalue weighted by Gasteiger charge is -2.15. The van der Waals surface area contributed by atoms with Crippen LogP contribution in [0.15, 0.2) is 16.9 Å². The maximum absolute atomic E-state index is 11.8. The van der Waals surface area contributed by atoms with Crippen molar-refractivity contribution in [3.8, 4) is 0 Å². The van der Waals surface area contributed by atoms with E-state index in [-0.39, 0.29) is 11.7 Å². The van der Waals surface area contributed by atoms with Crippen LogP contribution in [-0.4, -0.2) is 15.8 Å². The topological polar surface area (TPSA) is 42.2 Å². The van der Waals surface area contributed by atoms with Crippen molar-refractivity contribution in [3.05, 3.63) is 33.7 Å². The molecule has 3 heteroatoms. The molecule has 1 aromatic rings. The number of hydrogen-bond donors (Lipinski definition) is 1. The van der Waals surface area contributed by atoms with E-state index < -0.39 is 0 Å². The van der Waals surface area contributed by atoms with E-state index in [9.17, 15) is 9.90 Å². The lowest BCUT2D eigenvalue weighted by molar-refractivity contribution is 0.129. The Morgan fingerprint density at radius 3 is 2.94 bits per heavy atom. The fraction of sp³-hybridized carbons (Fsp3) is 0.615. The molecule has 0 spiro atoms. The normalized spacial score (nSPS) is 20.8. The van der Waals surface area contributed by atoms with Crippen LogP contribution in [0, 0.1) is 5.92 Å². The summed E-state index contributed by atoms with van der Waals surface area (Å²) >= 11 is 0. The number of aromatic nitrogens is 1. The number of aryl methyl sites for hydroxylation is 1. The van der Waals surface area contributed by atoms with E-state index in [2.05, 4.69) is 0 Å².